The minimum Gasteiger partial charge on any atom is -0.326 e. The van der Waals surface area contributed by atoms with Gasteiger partial charge in [-0.15, -0.1) is 0 Å². The van der Waals surface area contributed by atoms with E-state index in [2.05, 4.69) is 24.5 Å². The highest BCUT2D eigenvalue weighted by molar-refractivity contribution is 7.86. The predicted molar refractivity (Wildman–Crippen MR) is 104 cm³/mol. The molecule has 1 aliphatic heterocycles. The molecule has 0 bridgehead atoms. The zero-order valence-electron chi connectivity index (χ0n) is 15.0. The zero-order valence-corrected chi connectivity index (χ0v) is 15.9. The van der Waals surface area contributed by atoms with Crippen LogP contribution in [0.1, 0.15) is 37.3 Å². The first-order valence-corrected chi connectivity index (χ1v) is 9.79. The Morgan fingerprint density at radius 2 is 1.92 bits per heavy atom. The van der Waals surface area contributed by atoms with E-state index in [0.29, 0.717) is 10.6 Å². The van der Waals surface area contributed by atoms with E-state index in [1.807, 2.05) is 25.1 Å². The van der Waals surface area contributed by atoms with Gasteiger partial charge in [0.05, 0.1) is 27.8 Å². The Hall–Kier alpha value is -2.47. The fraction of sp³-hybridized carbons (Fsp3) is 0.300. The lowest BCUT2D eigenvalue weighted by Crippen LogP contribution is -2.39. The van der Waals surface area contributed by atoms with Crippen molar-refractivity contribution in [3.63, 3.8) is 0 Å². The summed E-state index contributed by atoms with van der Waals surface area (Å²) in [6.45, 7) is 6.05. The fourth-order valence-electron chi connectivity index (χ4n) is 3.08. The number of anilines is 2. The summed E-state index contributed by atoms with van der Waals surface area (Å²) >= 11 is 0. The van der Waals surface area contributed by atoms with Gasteiger partial charge in [0.2, 0.25) is 11.8 Å². The Bertz CT molecular complexity index is 892. The summed E-state index contributed by atoms with van der Waals surface area (Å²) in [5.41, 5.74) is 3.32. The number of fused-ring (bicyclic) bond motifs is 1. The summed E-state index contributed by atoms with van der Waals surface area (Å²) in [6.07, 6.45) is -0.126. The normalized spacial score (nSPS) is 19.0. The molecule has 26 heavy (non-hydrogen) atoms. The van der Waals surface area contributed by atoms with Crippen molar-refractivity contribution in [1.29, 1.82) is 0 Å². The molecule has 0 fully saturated rings. The maximum atomic E-state index is 12.7. The highest BCUT2D eigenvalue weighted by Crippen LogP contribution is 2.30. The molecule has 2 atom stereocenters. The van der Waals surface area contributed by atoms with Crippen molar-refractivity contribution in [2.45, 2.75) is 43.3 Å². The average molecular weight is 370 g/mol. The molecule has 5 nitrogen and oxygen atoms in total. The number of aryl methyl sites for hydroxylation is 1. The smallest absolute Gasteiger partial charge is 0.241 e. The van der Waals surface area contributed by atoms with E-state index in [0.717, 1.165) is 16.8 Å². The van der Waals surface area contributed by atoms with Gasteiger partial charge in [-0.25, -0.2) is 0 Å². The van der Waals surface area contributed by atoms with Gasteiger partial charge >= 0.3 is 0 Å². The maximum absolute atomic E-state index is 12.7. The van der Waals surface area contributed by atoms with Crippen LogP contribution in [-0.4, -0.2) is 21.3 Å². The molecular weight excluding hydrogens is 348 g/mol. The van der Waals surface area contributed by atoms with Crippen molar-refractivity contribution < 1.29 is 13.8 Å². The molecule has 0 saturated carbocycles. The minimum atomic E-state index is -1.55. The molecule has 0 aromatic heterocycles. The first-order valence-electron chi connectivity index (χ1n) is 8.58. The van der Waals surface area contributed by atoms with Crippen LogP contribution in [0.25, 0.3) is 0 Å². The van der Waals surface area contributed by atoms with Crippen molar-refractivity contribution in [1.82, 2.24) is 0 Å². The van der Waals surface area contributed by atoms with E-state index in [9.17, 15) is 13.8 Å². The molecule has 2 N–H and O–H groups in total. The van der Waals surface area contributed by atoms with Crippen molar-refractivity contribution in [3.05, 3.63) is 53.6 Å². The fourth-order valence-corrected chi connectivity index (χ4v) is 4.49. The van der Waals surface area contributed by atoms with E-state index in [-0.39, 0.29) is 24.2 Å². The molecule has 2 amide bonds. The first-order chi connectivity index (χ1) is 12.4. The molecule has 3 rings (SSSR count). The first kappa shape index (κ1) is 18.3. The zero-order chi connectivity index (χ0) is 18.8. The number of benzene rings is 2. The summed E-state index contributed by atoms with van der Waals surface area (Å²) in [7, 11) is -1.55. The van der Waals surface area contributed by atoms with Crippen LogP contribution in [-0.2, 0) is 20.4 Å². The van der Waals surface area contributed by atoms with Gasteiger partial charge in [0, 0.05) is 5.69 Å². The van der Waals surface area contributed by atoms with Crippen LogP contribution in [0.15, 0.2) is 47.4 Å². The van der Waals surface area contributed by atoms with E-state index in [1.54, 1.807) is 24.3 Å². The predicted octanol–water partition coefficient (Wildman–Crippen LogP) is 3.58. The van der Waals surface area contributed by atoms with Gasteiger partial charge in [0.25, 0.3) is 0 Å². The topological polar surface area (TPSA) is 75.3 Å². The standard InChI is InChI=1S/C20H22N2O3S/c1-12(2)14-8-6-7-13(3)19(14)22-18(23)11-17-20(24)21-15-9-4-5-10-16(15)26(17)25/h4-10,12,17H,11H2,1-3H3,(H,21,24)(H,22,23)/t17-,26+/m1/s1. The largest absolute Gasteiger partial charge is 0.326 e. The lowest BCUT2D eigenvalue weighted by atomic mass is 9.98. The molecule has 0 radical (unpaired) electrons. The quantitative estimate of drug-likeness (QED) is 0.864. The molecule has 1 heterocycles. The summed E-state index contributed by atoms with van der Waals surface area (Å²) in [5.74, 6) is -0.440. The Morgan fingerprint density at radius 1 is 1.19 bits per heavy atom. The molecule has 6 heteroatoms. The number of rotatable bonds is 4. The van der Waals surface area contributed by atoms with E-state index < -0.39 is 16.0 Å². The number of para-hydroxylation sites is 2. The molecule has 2 aromatic carbocycles. The van der Waals surface area contributed by atoms with Crippen molar-refractivity contribution >= 4 is 34.0 Å². The van der Waals surface area contributed by atoms with E-state index in [1.165, 1.54) is 0 Å². The molecule has 1 aliphatic rings. The number of amides is 2. The SMILES string of the molecule is Cc1cccc(C(C)C)c1NC(=O)C[C@@H]1C(=O)Nc2ccccc2[S@@]1=O. The number of hydrogen-bond acceptors (Lipinski definition) is 3. The van der Waals surface area contributed by atoms with Crippen molar-refractivity contribution in [2.75, 3.05) is 10.6 Å². The molecule has 2 aromatic rings. The maximum Gasteiger partial charge on any atom is 0.241 e. The van der Waals surface area contributed by atoms with Crippen LogP contribution < -0.4 is 10.6 Å². The van der Waals surface area contributed by atoms with Crippen LogP contribution in [0.4, 0.5) is 11.4 Å². The molecule has 0 spiro atoms. The third-order valence-electron chi connectivity index (χ3n) is 4.47. The molecule has 136 valence electrons. The number of carbonyl (C=O) groups excluding carboxylic acids is 2. The van der Waals surface area contributed by atoms with Gasteiger partial charge in [0.1, 0.15) is 5.25 Å². The lowest BCUT2D eigenvalue weighted by molar-refractivity contribution is -0.120. The minimum absolute atomic E-state index is 0.126. The van der Waals surface area contributed by atoms with Crippen molar-refractivity contribution in [2.24, 2.45) is 0 Å². The highest BCUT2D eigenvalue weighted by atomic mass is 32.2. The van der Waals surface area contributed by atoms with Gasteiger partial charge in [-0.2, -0.15) is 0 Å². The number of hydrogen-bond donors (Lipinski definition) is 2. The van der Waals surface area contributed by atoms with E-state index in [4.69, 9.17) is 0 Å². The molecular formula is C20H22N2O3S. The Labute approximate surface area is 155 Å². The average Bonchev–Trinajstić information content (AvgIpc) is 2.60. The van der Waals surface area contributed by atoms with Gasteiger partial charge in [0.15, 0.2) is 0 Å². The van der Waals surface area contributed by atoms with E-state index >= 15 is 0 Å². The Morgan fingerprint density at radius 3 is 2.65 bits per heavy atom. The van der Waals surface area contributed by atoms with Gasteiger partial charge in [-0.1, -0.05) is 44.2 Å². The summed E-state index contributed by atoms with van der Waals surface area (Å²) in [5, 5.41) is 4.77. The molecule has 0 unspecified atom stereocenters. The second-order valence-electron chi connectivity index (χ2n) is 6.72. The highest BCUT2D eigenvalue weighted by Gasteiger charge is 2.34. The second-order valence-corrected chi connectivity index (χ2v) is 8.32. The third kappa shape index (κ3) is 3.55. The number of carbonyl (C=O) groups is 2. The van der Waals surface area contributed by atoms with Gasteiger partial charge in [-0.3, -0.25) is 13.8 Å². The van der Waals surface area contributed by atoms with Crippen molar-refractivity contribution in [3.8, 4) is 0 Å². The summed E-state index contributed by atoms with van der Waals surface area (Å²) in [4.78, 5) is 25.5. The number of nitrogens with one attached hydrogen (secondary N) is 2. The van der Waals surface area contributed by atoms with Crippen LogP contribution in [0, 0.1) is 6.92 Å². The van der Waals surface area contributed by atoms with Crippen LogP contribution in [0.5, 0.6) is 0 Å². The lowest BCUT2D eigenvalue weighted by Gasteiger charge is -2.24. The van der Waals surface area contributed by atoms with Gasteiger partial charge < -0.3 is 10.6 Å². The van der Waals surface area contributed by atoms with Crippen LogP contribution in [0.3, 0.4) is 0 Å². The second kappa shape index (κ2) is 7.41. The molecule has 0 aliphatic carbocycles. The Kier molecular flexibility index (Phi) is 5.23. The van der Waals surface area contributed by atoms with Crippen LogP contribution in [0.2, 0.25) is 0 Å². The monoisotopic (exact) mass is 370 g/mol. The summed E-state index contributed by atoms with van der Waals surface area (Å²) in [6, 6.07) is 12.8. The third-order valence-corrected chi connectivity index (χ3v) is 6.16. The van der Waals surface area contributed by atoms with Crippen LogP contribution >= 0.6 is 0 Å². The molecule has 0 saturated heterocycles. The summed E-state index contributed by atoms with van der Waals surface area (Å²) < 4.78 is 12.7. The Balaban J connectivity index is 1.79. The van der Waals surface area contributed by atoms with Gasteiger partial charge in [-0.05, 0) is 36.1 Å².